The smallest absolute Gasteiger partial charge is 0.252 e. The van der Waals surface area contributed by atoms with Crippen LogP contribution in [0.5, 0.6) is 5.75 Å². The van der Waals surface area contributed by atoms with Crippen LogP contribution in [0.15, 0.2) is 48.5 Å². The summed E-state index contributed by atoms with van der Waals surface area (Å²) in [7, 11) is 1.59. The van der Waals surface area contributed by atoms with Crippen LogP contribution in [-0.2, 0) is 16.1 Å². The van der Waals surface area contributed by atoms with Crippen molar-refractivity contribution in [3.8, 4) is 5.75 Å². The highest BCUT2D eigenvalue weighted by Crippen LogP contribution is 2.11. The van der Waals surface area contributed by atoms with E-state index in [0.29, 0.717) is 12.1 Å². The number of methoxy groups -OCH3 is 1. The predicted octanol–water partition coefficient (Wildman–Crippen LogP) is 1.46. The maximum absolute atomic E-state index is 12.0. The Balaban J connectivity index is 1.67. The summed E-state index contributed by atoms with van der Waals surface area (Å²) in [5.74, 6) is -0.347. The van der Waals surface area contributed by atoms with Crippen molar-refractivity contribution in [1.82, 2.24) is 16.0 Å². The molecule has 2 aromatic rings. The summed E-state index contributed by atoms with van der Waals surface area (Å²) in [6, 6.07) is 14.4. The van der Waals surface area contributed by atoms with E-state index in [1.807, 2.05) is 24.3 Å². The minimum Gasteiger partial charge on any atom is -0.497 e. The van der Waals surface area contributed by atoms with Gasteiger partial charge in [0.1, 0.15) is 5.75 Å². The molecule has 0 spiro atoms. The molecule has 0 atom stereocenters. The van der Waals surface area contributed by atoms with Gasteiger partial charge in [-0.05, 0) is 52.4 Å². The summed E-state index contributed by atoms with van der Waals surface area (Å²) in [6.45, 7) is -0.00875. The molecule has 0 radical (unpaired) electrons. The highest BCUT2D eigenvalue weighted by atomic mass is 127. The molecule has 0 bridgehead atoms. The van der Waals surface area contributed by atoms with Crippen molar-refractivity contribution >= 4 is 40.3 Å². The minimum atomic E-state index is -0.436. The van der Waals surface area contributed by atoms with Gasteiger partial charge in [0.2, 0.25) is 11.8 Å². The van der Waals surface area contributed by atoms with Crippen LogP contribution >= 0.6 is 22.6 Å². The molecule has 0 aliphatic carbocycles. The molecule has 0 saturated heterocycles. The number of carbonyl (C=O) groups is 3. The lowest BCUT2D eigenvalue weighted by atomic mass is 10.2. The molecule has 0 saturated carbocycles. The molecular weight excluding hydrogens is 461 g/mol. The number of nitrogens with one attached hydrogen (secondary N) is 3. The average molecular weight is 481 g/mol. The van der Waals surface area contributed by atoms with Crippen LogP contribution in [0.4, 0.5) is 0 Å². The molecule has 3 N–H and O–H groups in total. The number of benzene rings is 2. The number of hydrogen-bond acceptors (Lipinski definition) is 4. The van der Waals surface area contributed by atoms with Crippen LogP contribution in [0.1, 0.15) is 15.9 Å². The lowest BCUT2D eigenvalue weighted by Gasteiger charge is -2.09. The Bertz CT molecular complexity index is 809. The molecule has 8 heteroatoms. The Morgan fingerprint density at radius 3 is 2.19 bits per heavy atom. The minimum absolute atomic E-state index is 0.159. The monoisotopic (exact) mass is 481 g/mol. The Hall–Kier alpha value is -2.62. The zero-order valence-electron chi connectivity index (χ0n) is 14.8. The molecular formula is C19H20IN3O4. The van der Waals surface area contributed by atoms with E-state index in [1.54, 1.807) is 31.4 Å². The first-order valence-corrected chi connectivity index (χ1v) is 9.26. The summed E-state index contributed by atoms with van der Waals surface area (Å²) in [5, 5.41) is 7.71. The Morgan fingerprint density at radius 1 is 0.889 bits per heavy atom. The second-order valence-corrected chi connectivity index (χ2v) is 6.73. The number of rotatable bonds is 8. The third kappa shape index (κ3) is 6.89. The van der Waals surface area contributed by atoms with Crippen LogP contribution in [0.25, 0.3) is 0 Å². The van der Waals surface area contributed by atoms with E-state index in [4.69, 9.17) is 4.74 Å². The fraction of sp³-hybridized carbons (Fsp3) is 0.211. The maximum atomic E-state index is 12.0. The van der Waals surface area contributed by atoms with Crippen LogP contribution in [-0.4, -0.2) is 37.9 Å². The second kappa shape index (κ2) is 10.5. The van der Waals surface area contributed by atoms with Crippen molar-refractivity contribution in [3.05, 3.63) is 63.2 Å². The van der Waals surface area contributed by atoms with E-state index in [0.717, 1.165) is 14.9 Å². The van der Waals surface area contributed by atoms with E-state index >= 15 is 0 Å². The van der Waals surface area contributed by atoms with Gasteiger partial charge in [0.15, 0.2) is 0 Å². The summed E-state index contributed by atoms with van der Waals surface area (Å²) in [6.07, 6.45) is 0. The number of halogens is 1. The van der Waals surface area contributed by atoms with E-state index in [9.17, 15) is 14.4 Å². The van der Waals surface area contributed by atoms with E-state index in [2.05, 4.69) is 38.5 Å². The SMILES string of the molecule is COc1ccc(CNC(=O)CNC(=O)CNC(=O)c2ccccc2I)cc1. The second-order valence-electron chi connectivity index (χ2n) is 5.56. The molecule has 2 rings (SSSR count). The van der Waals surface area contributed by atoms with Crippen molar-refractivity contribution in [3.63, 3.8) is 0 Å². The van der Waals surface area contributed by atoms with E-state index in [-0.39, 0.29) is 24.9 Å². The quantitative estimate of drug-likeness (QED) is 0.498. The van der Waals surface area contributed by atoms with Gasteiger partial charge < -0.3 is 20.7 Å². The summed E-state index contributed by atoms with van der Waals surface area (Å²) in [5.41, 5.74) is 1.42. The van der Waals surface area contributed by atoms with Crippen molar-refractivity contribution in [1.29, 1.82) is 0 Å². The summed E-state index contributed by atoms with van der Waals surface area (Å²) < 4.78 is 5.87. The van der Waals surface area contributed by atoms with Gasteiger partial charge in [-0.25, -0.2) is 0 Å². The maximum Gasteiger partial charge on any atom is 0.252 e. The molecule has 7 nitrogen and oxygen atoms in total. The topological polar surface area (TPSA) is 96.5 Å². The Labute approximate surface area is 171 Å². The van der Waals surface area contributed by atoms with Crippen molar-refractivity contribution < 1.29 is 19.1 Å². The molecule has 0 aromatic heterocycles. The zero-order chi connectivity index (χ0) is 19.6. The fourth-order valence-electron chi connectivity index (χ4n) is 2.15. The van der Waals surface area contributed by atoms with Crippen LogP contribution in [0.3, 0.4) is 0 Å². The van der Waals surface area contributed by atoms with Crippen LogP contribution < -0.4 is 20.7 Å². The first-order chi connectivity index (χ1) is 13.0. The molecule has 0 aliphatic heterocycles. The summed E-state index contributed by atoms with van der Waals surface area (Å²) >= 11 is 2.05. The van der Waals surface area contributed by atoms with Gasteiger partial charge in [0.05, 0.1) is 25.8 Å². The first-order valence-electron chi connectivity index (χ1n) is 8.18. The van der Waals surface area contributed by atoms with Gasteiger partial charge in [0.25, 0.3) is 5.91 Å². The Morgan fingerprint density at radius 2 is 1.52 bits per heavy atom. The standard InChI is InChI=1S/C19H20IN3O4/c1-27-14-8-6-13(7-9-14)10-21-17(24)11-22-18(25)12-23-19(26)15-4-2-3-5-16(15)20/h2-9H,10-12H2,1H3,(H,21,24)(H,22,25)(H,23,26). The van der Waals surface area contributed by atoms with Crippen LogP contribution in [0, 0.1) is 3.57 Å². The van der Waals surface area contributed by atoms with Gasteiger partial charge in [-0.3, -0.25) is 14.4 Å². The highest BCUT2D eigenvalue weighted by Gasteiger charge is 2.11. The molecule has 0 fully saturated rings. The van der Waals surface area contributed by atoms with E-state index in [1.165, 1.54) is 0 Å². The molecule has 2 aromatic carbocycles. The lowest BCUT2D eigenvalue weighted by molar-refractivity contribution is -0.125. The zero-order valence-corrected chi connectivity index (χ0v) is 16.9. The normalized spacial score (nSPS) is 10.0. The van der Waals surface area contributed by atoms with Gasteiger partial charge in [-0.1, -0.05) is 24.3 Å². The molecule has 27 heavy (non-hydrogen) atoms. The van der Waals surface area contributed by atoms with Gasteiger partial charge in [-0.2, -0.15) is 0 Å². The lowest BCUT2D eigenvalue weighted by Crippen LogP contribution is -2.41. The van der Waals surface area contributed by atoms with Gasteiger partial charge >= 0.3 is 0 Å². The van der Waals surface area contributed by atoms with Crippen molar-refractivity contribution in [2.75, 3.05) is 20.2 Å². The van der Waals surface area contributed by atoms with E-state index < -0.39 is 5.91 Å². The van der Waals surface area contributed by atoms with Gasteiger partial charge in [-0.15, -0.1) is 0 Å². The Kier molecular flexibility index (Phi) is 8.05. The number of carbonyl (C=O) groups excluding carboxylic acids is 3. The van der Waals surface area contributed by atoms with Crippen molar-refractivity contribution in [2.45, 2.75) is 6.54 Å². The average Bonchev–Trinajstić information content (AvgIpc) is 2.69. The molecule has 3 amide bonds. The number of amides is 3. The summed E-state index contributed by atoms with van der Waals surface area (Å²) in [4.78, 5) is 35.6. The van der Waals surface area contributed by atoms with Crippen molar-refractivity contribution in [2.24, 2.45) is 0 Å². The highest BCUT2D eigenvalue weighted by molar-refractivity contribution is 14.1. The number of hydrogen-bond donors (Lipinski definition) is 3. The third-order valence-corrected chi connectivity index (χ3v) is 4.56. The largest absolute Gasteiger partial charge is 0.497 e. The molecule has 142 valence electrons. The molecule has 0 heterocycles. The first kappa shape index (κ1) is 20.7. The molecule has 0 aliphatic rings. The third-order valence-electron chi connectivity index (χ3n) is 3.62. The van der Waals surface area contributed by atoms with Gasteiger partial charge in [0, 0.05) is 10.1 Å². The predicted molar refractivity (Wildman–Crippen MR) is 109 cm³/mol. The fourth-order valence-corrected chi connectivity index (χ4v) is 2.78. The van der Waals surface area contributed by atoms with Crippen LogP contribution in [0.2, 0.25) is 0 Å². The molecule has 0 unspecified atom stereocenters. The number of ether oxygens (including phenoxy) is 1.